The minimum Gasteiger partial charge on any atom is -0.374 e. The Labute approximate surface area is 108 Å². The summed E-state index contributed by atoms with van der Waals surface area (Å²) in [4.78, 5) is 0. The van der Waals surface area contributed by atoms with E-state index in [0.717, 1.165) is 11.1 Å². The van der Waals surface area contributed by atoms with Gasteiger partial charge in [0.25, 0.3) is 0 Å². The summed E-state index contributed by atoms with van der Waals surface area (Å²) >= 11 is 0. The lowest BCUT2D eigenvalue weighted by Crippen LogP contribution is -2.19. The van der Waals surface area contributed by atoms with Gasteiger partial charge < -0.3 is 14.2 Å². The molecule has 0 amide bonds. The molecule has 0 saturated carbocycles. The molecule has 97 valence electrons. The van der Waals surface area contributed by atoms with Gasteiger partial charge in [0.05, 0.1) is 13.2 Å². The molecule has 1 radical (unpaired) electrons. The maximum atomic E-state index is 5.91. The van der Waals surface area contributed by atoms with Gasteiger partial charge in [0.15, 0.2) is 6.29 Å². The number of hydrogen-bond acceptors (Lipinski definition) is 3. The SMILES string of the molecule is [CH]=C1CC(OCC)OC1COCc1ccccc1. The molecule has 2 unspecified atom stereocenters. The van der Waals surface area contributed by atoms with E-state index in [9.17, 15) is 0 Å². The second-order valence-corrected chi connectivity index (χ2v) is 4.29. The lowest BCUT2D eigenvalue weighted by molar-refractivity contribution is -0.141. The minimum absolute atomic E-state index is 0.148. The molecule has 0 spiro atoms. The van der Waals surface area contributed by atoms with Crippen LogP contribution in [-0.4, -0.2) is 25.6 Å². The van der Waals surface area contributed by atoms with Crippen LogP contribution in [0.25, 0.3) is 0 Å². The van der Waals surface area contributed by atoms with Crippen molar-refractivity contribution < 1.29 is 14.2 Å². The second kappa shape index (κ2) is 6.69. The first kappa shape index (κ1) is 13.3. The fraction of sp³-hybridized carbons (Fsp3) is 0.467. The third-order valence-electron chi connectivity index (χ3n) is 2.87. The Bertz CT molecular complexity index is 375. The van der Waals surface area contributed by atoms with Crippen molar-refractivity contribution in [1.82, 2.24) is 0 Å². The third kappa shape index (κ3) is 3.67. The van der Waals surface area contributed by atoms with E-state index in [1.165, 1.54) is 0 Å². The van der Waals surface area contributed by atoms with Gasteiger partial charge in [-0.1, -0.05) is 36.9 Å². The van der Waals surface area contributed by atoms with Gasteiger partial charge in [0, 0.05) is 13.0 Å². The Hall–Kier alpha value is -1.16. The number of rotatable bonds is 6. The summed E-state index contributed by atoms with van der Waals surface area (Å²) in [7, 11) is 0. The van der Waals surface area contributed by atoms with Crippen molar-refractivity contribution in [1.29, 1.82) is 0 Å². The van der Waals surface area contributed by atoms with Crippen LogP contribution in [0.15, 0.2) is 35.9 Å². The lowest BCUT2D eigenvalue weighted by Gasteiger charge is -2.13. The van der Waals surface area contributed by atoms with Crippen molar-refractivity contribution in [3.63, 3.8) is 0 Å². The predicted molar refractivity (Wildman–Crippen MR) is 68.8 cm³/mol. The Morgan fingerprint density at radius 1 is 1.33 bits per heavy atom. The first-order valence-electron chi connectivity index (χ1n) is 6.29. The highest BCUT2D eigenvalue weighted by atomic mass is 16.7. The van der Waals surface area contributed by atoms with Crippen molar-refractivity contribution in [3.05, 3.63) is 48.0 Å². The van der Waals surface area contributed by atoms with Crippen molar-refractivity contribution >= 4 is 0 Å². The van der Waals surface area contributed by atoms with Crippen molar-refractivity contribution in [2.24, 2.45) is 0 Å². The van der Waals surface area contributed by atoms with Crippen LogP contribution in [-0.2, 0) is 20.8 Å². The molecule has 2 atom stereocenters. The van der Waals surface area contributed by atoms with Crippen LogP contribution in [0.4, 0.5) is 0 Å². The molecule has 0 bridgehead atoms. The van der Waals surface area contributed by atoms with Gasteiger partial charge in [-0.05, 0) is 18.1 Å². The van der Waals surface area contributed by atoms with Crippen LogP contribution in [0.2, 0.25) is 0 Å². The van der Waals surface area contributed by atoms with Crippen LogP contribution in [0, 0.1) is 6.58 Å². The summed E-state index contributed by atoms with van der Waals surface area (Å²) in [6.45, 7) is 9.54. The Kier molecular flexibility index (Phi) is 4.93. The zero-order valence-electron chi connectivity index (χ0n) is 10.7. The zero-order valence-corrected chi connectivity index (χ0v) is 10.7. The average molecular weight is 247 g/mol. The molecule has 0 aliphatic carbocycles. The maximum absolute atomic E-state index is 5.91. The highest BCUT2D eigenvalue weighted by molar-refractivity contribution is 5.13. The predicted octanol–water partition coefficient (Wildman–Crippen LogP) is 2.71. The largest absolute Gasteiger partial charge is 0.374 e. The van der Waals surface area contributed by atoms with Gasteiger partial charge in [-0.2, -0.15) is 0 Å². The van der Waals surface area contributed by atoms with E-state index < -0.39 is 0 Å². The molecule has 1 aromatic carbocycles. The van der Waals surface area contributed by atoms with Gasteiger partial charge in [-0.3, -0.25) is 0 Å². The van der Waals surface area contributed by atoms with Crippen LogP contribution in [0.1, 0.15) is 18.9 Å². The molecular weight excluding hydrogens is 228 g/mol. The molecule has 18 heavy (non-hydrogen) atoms. The third-order valence-corrected chi connectivity index (χ3v) is 2.87. The van der Waals surface area contributed by atoms with E-state index in [0.29, 0.717) is 26.2 Å². The first-order valence-corrected chi connectivity index (χ1v) is 6.29. The average Bonchev–Trinajstić information content (AvgIpc) is 2.72. The highest BCUT2D eigenvalue weighted by Crippen LogP contribution is 2.25. The normalized spacial score (nSPS) is 23.5. The molecule has 1 aliphatic heterocycles. The molecule has 2 rings (SSSR count). The standard InChI is InChI=1S/C15H19O3/c1-3-17-15-9-12(2)14(18-15)11-16-10-13-7-5-4-6-8-13/h2,4-8,14-15H,3,9-11H2,1H3. The Morgan fingerprint density at radius 2 is 2.11 bits per heavy atom. The van der Waals surface area contributed by atoms with E-state index in [-0.39, 0.29) is 12.4 Å². The van der Waals surface area contributed by atoms with E-state index in [1.54, 1.807) is 0 Å². The number of benzene rings is 1. The Balaban J connectivity index is 1.72. The summed E-state index contributed by atoms with van der Waals surface area (Å²) in [6.07, 6.45) is 0.304. The monoisotopic (exact) mass is 247 g/mol. The molecule has 1 aliphatic rings. The molecule has 0 N–H and O–H groups in total. The van der Waals surface area contributed by atoms with Crippen LogP contribution in [0.3, 0.4) is 0 Å². The van der Waals surface area contributed by atoms with E-state index in [4.69, 9.17) is 20.8 Å². The number of hydrogen-bond donors (Lipinski definition) is 0. The molecule has 3 nitrogen and oxygen atoms in total. The van der Waals surface area contributed by atoms with Gasteiger partial charge in [0.2, 0.25) is 0 Å². The first-order chi connectivity index (χ1) is 8.79. The zero-order chi connectivity index (χ0) is 12.8. The maximum Gasteiger partial charge on any atom is 0.162 e. The fourth-order valence-electron chi connectivity index (χ4n) is 1.93. The molecule has 3 heteroatoms. The van der Waals surface area contributed by atoms with Gasteiger partial charge in [-0.15, -0.1) is 0 Å². The molecule has 1 heterocycles. The summed E-state index contributed by atoms with van der Waals surface area (Å²) in [5.74, 6) is 0. The van der Waals surface area contributed by atoms with Crippen LogP contribution >= 0.6 is 0 Å². The molecule has 1 aromatic rings. The molecule has 1 saturated heterocycles. The second-order valence-electron chi connectivity index (χ2n) is 4.29. The van der Waals surface area contributed by atoms with Gasteiger partial charge in [0.1, 0.15) is 6.10 Å². The summed E-state index contributed by atoms with van der Waals surface area (Å²) < 4.78 is 16.7. The van der Waals surface area contributed by atoms with Crippen molar-refractivity contribution in [2.45, 2.75) is 32.3 Å². The molecule has 0 aromatic heterocycles. The smallest absolute Gasteiger partial charge is 0.162 e. The fourth-order valence-corrected chi connectivity index (χ4v) is 1.93. The highest BCUT2D eigenvalue weighted by Gasteiger charge is 2.29. The van der Waals surface area contributed by atoms with Crippen molar-refractivity contribution in [2.75, 3.05) is 13.2 Å². The summed E-state index contributed by atoms with van der Waals surface area (Å²) in [5, 5.41) is 0. The van der Waals surface area contributed by atoms with E-state index in [2.05, 4.69) is 0 Å². The molecular formula is C15H19O3. The Morgan fingerprint density at radius 3 is 2.83 bits per heavy atom. The summed E-state index contributed by atoms with van der Waals surface area (Å²) in [6, 6.07) is 10.0. The van der Waals surface area contributed by atoms with Crippen LogP contribution < -0.4 is 0 Å². The molecule has 1 fully saturated rings. The van der Waals surface area contributed by atoms with Crippen LogP contribution in [0.5, 0.6) is 0 Å². The van der Waals surface area contributed by atoms with E-state index >= 15 is 0 Å². The summed E-state index contributed by atoms with van der Waals surface area (Å²) in [5.41, 5.74) is 1.96. The van der Waals surface area contributed by atoms with Gasteiger partial charge >= 0.3 is 0 Å². The minimum atomic E-state index is -0.208. The van der Waals surface area contributed by atoms with Gasteiger partial charge in [-0.25, -0.2) is 0 Å². The van der Waals surface area contributed by atoms with E-state index in [1.807, 2.05) is 37.3 Å². The quantitative estimate of drug-likeness (QED) is 0.773. The topological polar surface area (TPSA) is 27.7 Å². The lowest BCUT2D eigenvalue weighted by atomic mass is 10.1. The van der Waals surface area contributed by atoms with Crippen molar-refractivity contribution in [3.8, 4) is 0 Å². The number of ether oxygens (including phenoxy) is 3.